The normalized spacial score (nSPS) is 13.5. The molecule has 4 nitrogen and oxygen atoms in total. The highest BCUT2D eigenvalue weighted by molar-refractivity contribution is 6.19. The first-order valence-corrected chi connectivity index (χ1v) is 6.71. The molecule has 0 bridgehead atoms. The topological polar surface area (TPSA) is 62.0 Å². The summed E-state index contributed by atoms with van der Waals surface area (Å²) >= 11 is 6.01. The second-order valence-electron chi connectivity index (χ2n) is 4.71. The molecular weight excluding hydrogens is 276 g/mol. The summed E-state index contributed by atoms with van der Waals surface area (Å²) in [6.45, 7) is 1.82. The van der Waals surface area contributed by atoms with Gasteiger partial charge in [0.2, 0.25) is 0 Å². The number of carbonyl (C=O) groups excluding carboxylic acids is 1. The molecule has 1 atom stereocenters. The predicted octanol–water partition coefficient (Wildman–Crippen LogP) is 2.26. The van der Waals surface area contributed by atoms with Crippen LogP contribution in [0.5, 0.6) is 0 Å². The number of H-pyrrole nitrogens is 1. The zero-order chi connectivity index (χ0) is 14.6. The lowest BCUT2D eigenvalue weighted by Crippen LogP contribution is -2.46. The van der Waals surface area contributed by atoms with Crippen LogP contribution in [0.2, 0.25) is 0 Å². The van der Waals surface area contributed by atoms with Gasteiger partial charge in [0.15, 0.2) is 5.43 Å². The van der Waals surface area contributed by atoms with Crippen molar-refractivity contribution in [3.63, 3.8) is 0 Å². The molecule has 2 rings (SSSR count). The van der Waals surface area contributed by atoms with E-state index in [4.69, 9.17) is 11.6 Å². The number of rotatable bonds is 4. The summed E-state index contributed by atoms with van der Waals surface area (Å²) in [6.07, 6.45) is 2.87. The third kappa shape index (κ3) is 2.91. The van der Waals surface area contributed by atoms with Crippen LogP contribution in [0.3, 0.4) is 0 Å². The molecule has 0 saturated heterocycles. The van der Waals surface area contributed by atoms with Crippen molar-refractivity contribution in [2.75, 3.05) is 5.88 Å². The van der Waals surface area contributed by atoms with Crippen LogP contribution in [0.1, 0.15) is 22.8 Å². The van der Waals surface area contributed by atoms with Crippen LogP contribution in [0.15, 0.2) is 53.6 Å². The molecular formula is C15H15ClN2O2. The molecule has 0 aliphatic heterocycles. The second-order valence-corrected chi connectivity index (χ2v) is 4.98. The third-order valence-corrected chi connectivity index (χ3v) is 3.67. The highest BCUT2D eigenvalue weighted by atomic mass is 35.5. The van der Waals surface area contributed by atoms with Gasteiger partial charge in [-0.3, -0.25) is 9.59 Å². The quantitative estimate of drug-likeness (QED) is 0.849. The maximum Gasteiger partial charge on any atom is 0.257 e. The Bertz CT molecular complexity index is 654. The predicted molar refractivity (Wildman–Crippen MR) is 79.0 cm³/mol. The van der Waals surface area contributed by atoms with Gasteiger partial charge in [-0.25, -0.2) is 0 Å². The number of aromatic amines is 1. The zero-order valence-electron chi connectivity index (χ0n) is 11.0. The van der Waals surface area contributed by atoms with Crippen molar-refractivity contribution in [3.8, 4) is 0 Å². The molecule has 2 aromatic rings. The summed E-state index contributed by atoms with van der Waals surface area (Å²) < 4.78 is 0. The van der Waals surface area contributed by atoms with Crippen LogP contribution < -0.4 is 10.7 Å². The van der Waals surface area contributed by atoms with E-state index in [9.17, 15) is 9.59 Å². The van der Waals surface area contributed by atoms with E-state index in [0.717, 1.165) is 5.56 Å². The van der Waals surface area contributed by atoms with Crippen LogP contribution in [-0.2, 0) is 5.54 Å². The van der Waals surface area contributed by atoms with Gasteiger partial charge in [0.05, 0.1) is 5.54 Å². The first-order valence-electron chi connectivity index (χ1n) is 6.18. The standard InChI is InChI=1S/C15H15ClN2O2/c1-15(10-16,11-5-3-2-4-6-11)18-14(20)12-9-17-8-7-13(12)19/h2-9H,10H2,1H3,(H,17,19)(H,18,20). The molecule has 1 heterocycles. The molecule has 1 aromatic carbocycles. The average molecular weight is 291 g/mol. The Balaban J connectivity index is 2.29. The number of alkyl halides is 1. The fraction of sp³-hybridized carbons (Fsp3) is 0.200. The van der Waals surface area contributed by atoms with Crippen LogP contribution in [-0.4, -0.2) is 16.8 Å². The van der Waals surface area contributed by atoms with Gasteiger partial charge in [0.1, 0.15) is 5.56 Å². The highest BCUT2D eigenvalue weighted by Gasteiger charge is 2.28. The average Bonchev–Trinajstić information content (AvgIpc) is 2.48. The van der Waals surface area contributed by atoms with Gasteiger partial charge in [0, 0.05) is 24.3 Å². The second kappa shape index (κ2) is 5.92. The van der Waals surface area contributed by atoms with E-state index in [-0.39, 0.29) is 16.9 Å². The van der Waals surface area contributed by atoms with Crippen molar-refractivity contribution in [2.24, 2.45) is 0 Å². The fourth-order valence-corrected chi connectivity index (χ4v) is 2.12. The van der Waals surface area contributed by atoms with Crippen molar-refractivity contribution in [2.45, 2.75) is 12.5 Å². The van der Waals surface area contributed by atoms with Crippen LogP contribution in [0, 0.1) is 0 Å². The first kappa shape index (κ1) is 14.3. The van der Waals surface area contributed by atoms with E-state index in [2.05, 4.69) is 10.3 Å². The van der Waals surface area contributed by atoms with Crippen molar-refractivity contribution in [3.05, 3.63) is 70.1 Å². The van der Waals surface area contributed by atoms with Gasteiger partial charge in [-0.05, 0) is 12.5 Å². The fourth-order valence-electron chi connectivity index (χ4n) is 1.90. The molecule has 1 unspecified atom stereocenters. The molecule has 104 valence electrons. The van der Waals surface area contributed by atoms with Gasteiger partial charge in [-0.1, -0.05) is 30.3 Å². The minimum atomic E-state index is -0.734. The van der Waals surface area contributed by atoms with Gasteiger partial charge < -0.3 is 10.3 Å². The number of pyridine rings is 1. The Morgan fingerprint density at radius 2 is 2.00 bits per heavy atom. The van der Waals surface area contributed by atoms with Gasteiger partial charge >= 0.3 is 0 Å². The monoisotopic (exact) mass is 290 g/mol. The molecule has 0 radical (unpaired) electrons. The summed E-state index contributed by atoms with van der Waals surface area (Å²) in [6, 6.07) is 10.7. The largest absolute Gasteiger partial charge is 0.367 e. The molecule has 0 saturated carbocycles. The van der Waals surface area contributed by atoms with E-state index in [1.807, 2.05) is 37.3 Å². The van der Waals surface area contributed by atoms with Gasteiger partial charge in [-0.15, -0.1) is 11.6 Å². The number of hydrogen-bond acceptors (Lipinski definition) is 2. The number of amides is 1. The summed E-state index contributed by atoms with van der Waals surface area (Å²) in [5.74, 6) is -0.244. The summed E-state index contributed by atoms with van der Waals surface area (Å²) in [5.41, 5.74) is -0.107. The molecule has 5 heteroatoms. The van der Waals surface area contributed by atoms with E-state index < -0.39 is 11.4 Å². The molecule has 0 aliphatic rings. The van der Waals surface area contributed by atoms with E-state index >= 15 is 0 Å². The zero-order valence-corrected chi connectivity index (χ0v) is 11.8. The summed E-state index contributed by atoms with van der Waals surface area (Å²) in [7, 11) is 0. The Kier molecular flexibility index (Phi) is 4.25. The molecule has 0 spiro atoms. The summed E-state index contributed by atoms with van der Waals surface area (Å²) in [4.78, 5) is 26.6. The van der Waals surface area contributed by atoms with E-state index in [1.54, 1.807) is 0 Å². The Hall–Kier alpha value is -2.07. The number of nitrogens with one attached hydrogen (secondary N) is 2. The van der Waals surface area contributed by atoms with Gasteiger partial charge in [0.25, 0.3) is 5.91 Å². The third-order valence-electron chi connectivity index (χ3n) is 3.14. The van der Waals surface area contributed by atoms with Crippen molar-refractivity contribution in [1.82, 2.24) is 10.3 Å². The molecule has 2 N–H and O–H groups in total. The highest BCUT2D eigenvalue weighted by Crippen LogP contribution is 2.22. The molecule has 1 aromatic heterocycles. The number of aromatic nitrogens is 1. The van der Waals surface area contributed by atoms with Crippen molar-refractivity contribution >= 4 is 17.5 Å². The number of carbonyl (C=O) groups is 1. The van der Waals surface area contributed by atoms with E-state index in [1.165, 1.54) is 18.5 Å². The van der Waals surface area contributed by atoms with E-state index in [0.29, 0.717) is 0 Å². The Morgan fingerprint density at radius 1 is 1.30 bits per heavy atom. The van der Waals surface area contributed by atoms with Gasteiger partial charge in [-0.2, -0.15) is 0 Å². The first-order chi connectivity index (χ1) is 9.57. The SMILES string of the molecule is CC(CCl)(NC(=O)c1c[nH]ccc1=O)c1ccccc1. The maximum atomic E-state index is 12.2. The van der Waals surface area contributed by atoms with Crippen LogP contribution in [0.4, 0.5) is 0 Å². The lowest BCUT2D eigenvalue weighted by Gasteiger charge is -2.29. The number of halogens is 1. The lowest BCUT2D eigenvalue weighted by atomic mass is 9.93. The van der Waals surface area contributed by atoms with Crippen molar-refractivity contribution < 1.29 is 4.79 Å². The lowest BCUT2D eigenvalue weighted by molar-refractivity contribution is 0.0911. The maximum absolute atomic E-state index is 12.2. The van der Waals surface area contributed by atoms with Crippen LogP contribution in [0.25, 0.3) is 0 Å². The number of benzene rings is 1. The Morgan fingerprint density at radius 3 is 2.60 bits per heavy atom. The number of hydrogen-bond donors (Lipinski definition) is 2. The minimum absolute atomic E-state index is 0.0692. The van der Waals surface area contributed by atoms with Crippen molar-refractivity contribution in [1.29, 1.82) is 0 Å². The smallest absolute Gasteiger partial charge is 0.257 e. The minimum Gasteiger partial charge on any atom is -0.367 e. The molecule has 0 aliphatic carbocycles. The molecule has 1 amide bonds. The van der Waals surface area contributed by atoms with Crippen LogP contribution >= 0.6 is 11.6 Å². The summed E-state index contributed by atoms with van der Waals surface area (Å²) in [5, 5.41) is 2.83. The Labute approximate surface area is 121 Å². The molecule has 20 heavy (non-hydrogen) atoms. The molecule has 0 fully saturated rings.